The number of para-hydroxylation sites is 2. The number of nitrogens with one attached hydrogen (secondary N) is 2. The average molecular weight is 1160 g/mol. The molecule has 8 rings (SSSR count). The van der Waals surface area contributed by atoms with Crippen LogP contribution >= 0.6 is 0 Å². The Bertz CT molecular complexity index is 3170. The molecule has 4 atom stereocenters. The van der Waals surface area contributed by atoms with Gasteiger partial charge in [-0.2, -0.15) is 0 Å². The van der Waals surface area contributed by atoms with Crippen LogP contribution in [0.25, 0.3) is 44.8 Å². The quantitative estimate of drug-likeness (QED) is 0.0267. The van der Waals surface area contributed by atoms with E-state index >= 15 is 0 Å². The largest absolute Gasteiger partial charge is 0.481 e. The van der Waals surface area contributed by atoms with Crippen molar-refractivity contribution >= 4 is 72.9 Å². The first-order valence-electron chi connectivity index (χ1n) is 27.3. The molecule has 83 heavy (non-hydrogen) atoms. The molecule has 14 nitrogen and oxygen atoms in total. The summed E-state index contributed by atoms with van der Waals surface area (Å²) >= 11 is 0. The van der Waals surface area contributed by atoms with E-state index in [1.54, 1.807) is 24.3 Å². The Balaban J connectivity index is 0.000000263. The Morgan fingerprint density at radius 3 is 1.02 bits per heavy atom. The van der Waals surface area contributed by atoms with Crippen molar-refractivity contribution in [1.82, 2.24) is 9.13 Å². The zero-order valence-corrected chi connectivity index (χ0v) is 49.2. The number of aliphatic carboxylic acids is 2. The monoisotopic (exact) mass is 1160 g/mol. The number of carboxylic acid groups (broad SMARTS) is 2. The Hall–Kier alpha value is -7.28. The maximum atomic E-state index is 14.0. The number of rotatable bonds is 24. The zero-order valence-electron chi connectivity index (χ0n) is 47.0. The molecule has 2 aromatic heterocycles. The fourth-order valence-corrected chi connectivity index (χ4v) is 10.4. The molecule has 6 aromatic carbocycles. The van der Waals surface area contributed by atoms with E-state index < -0.39 is 49.2 Å². The van der Waals surface area contributed by atoms with Crippen LogP contribution in [0.1, 0.15) is 110 Å². The van der Waals surface area contributed by atoms with Crippen molar-refractivity contribution in [2.75, 3.05) is 10.6 Å². The number of carboxylic acids is 2. The topological polar surface area (TPSA) is 224 Å². The van der Waals surface area contributed by atoms with Gasteiger partial charge < -0.3 is 50.4 Å². The molecule has 0 fully saturated rings. The molecular formula is C66H70CaF2N4O10. The van der Waals surface area contributed by atoms with Crippen LogP contribution in [0.5, 0.6) is 0 Å². The van der Waals surface area contributed by atoms with Crippen molar-refractivity contribution in [3.05, 3.63) is 204 Å². The van der Waals surface area contributed by atoms with E-state index in [0.29, 0.717) is 56.1 Å². The minimum Gasteiger partial charge on any atom is -0.481 e. The Kier molecular flexibility index (Phi) is 24.1. The predicted octanol–water partition coefficient (Wildman–Crippen LogP) is 12.2. The van der Waals surface area contributed by atoms with E-state index in [-0.39, 0.29) is 112 Å². The number of aromatic nitrogens is 2. The number of aliphatic hydroxyl groups excluding tert-OH is 4. The summed E-state index contributed by atoms with van der Waals surface area (Å²) in [5.74, 6) is -3.87. The van der Waals surface area contributed by atoms with Crippen LogP contribution in [0.4, 0.5) is 20.2 Å². The van der Waals surface area contributed by atoms with E-state index in [1.165, 1.54) is 24.3 Å². The van der Waals surface area contributed by atoms with Crippen molar-refractivity contribution in [1.29, 1.82) is 0 Å². The molecule has 0 saturated carbocycles. The second kappa shape index (κ2) is 30.9. The molecule has 0 aliphatic heterocycles. The first-order valence-corrected chi connectivity index (χ1v) is 27.3. The summed E-state index contributed by atoms with van der Waals surface area (Å²) < 4.78 is 32.0. The number of halogens is 2. The molecule has 0 spiro atoms. The van der Waals surface area contributed by atoms with Crippen molar-refractivity contribution in [2.45, 2.75) is 116 Å². The van der Waals surface area contributed by atoms with Crippen molar-refractivity contribution in [3.8, 4) is 44.8 Å². The van der Waals surface area contributed by atoms with Gasteiger partial charge in [0.2, 0.25) is 0 Å². The zero-order chi connectivity index (χ0) is 59.0. The van der Waals surface area contributed by atoms with E-state index in [9.17, 15) is 48.4 Å². The summed E-state index contributed by atoms with van der Waals surface area (Å²) in [5, 5.41) is 65.6. The summed E-state index contributed by atoms with van der Waals surface area (Å²) in [4.78, 5) is 50.0. The number of hydrogen-bond acceptors (Lipinski definition) is 8. The van der Waals surface area contributed by atoms with Crippen LogP contribution in [0.3, 0.4) is 0 Å². The van der Waals surface area contributed by atoms with Crippen LogP contribution in [0.2, 0.25) is 0 Å². The van der Waals surface area contributed by atoms with Gasteiger partial charge in [-0.1, -0.05) is 125 Å². The summed E-state index contributed by atoms with van der Waals surface area (Å²) in [6.07, 6.45) is -5.01. The summed E-state index contributed by atoms with van der Waals surface area (Å²) in [7, 11) is 0. The van der Waals surface area contributed by atoms with E-state index in [0.717, 1.165) is 22.5 Å². The van der Waals surface area contributed by atoms with Crippen LogP contribution in [-0.2, 0) is 22.7 Å². The van der Waals surface area contributed by atoms with Gasteiger partial charge in [0.1, 0.15) is 11.6 Å². The van der Waals surface area contributed by atoms with Gasteiger partial charge in [-0.05, 0) is 133 Å². The molecule has 0 aliphatic carbocycles. The predicted molar refractivity (Wildman–Crippen MR) is 320 cm³/mol. The smallest absolute Gasteiger partial charge is 0.305 e. The Morgan fingerprint density at radius 2 is 0.735 bits per heavy atom. The molecule has 8 aromatic rings. The number of carbonyl (C=O) groups is 4. The summed E-state index contributed by atoms with van der Waals surface area (Å²) in [5.41, 5.74) is 9.55. The molecule has 0 aliphatic rings. The first kappa shape index (κ1) is 64.9. The molecule has 0 saturated heterocycles. The number of benzene rings is 6. The normalized spacial score (nSPS) is 12.6. The SMILES string of the molecule is CC(C)c1c(C(=O)Nc2ccccc2)c(-c2ccccc2)c(-c2ccc(F)cc2)n1CC[C@@H](O)C[C@@H](O)CC(=O)O.CC(C)c1c(C(=O)Nc2ccccc2)c(-c2ccccc2)c(-c2ccc(F)cc2)n1CC[C@@H](O)C[C@@H](O)CC(=O)O.[Ca]. The van der Waals surface area contributed by atoms with E-state index in [2.05, 4.69) is 10.6 Å². The van der Waals surface area contributed by atoms with E-state index in [1.807, 2.05) is 158 Å². The second-order valence-corrected chi connectivity index (χ2v) is 20.8. The maximum Gasteiger partial charge on any atom is 0.305 e. The number of nitrogens with zero attached hydrogens (tertiary/aromatic N) is 2. The van der Waals surface area contributed by atoms with Gasteiger partial charge in [-0.3, -0.25) is 19.2 Å². The number of aliphatic hydroxyl groups is 4. The fraction of sp³-hybridized carbons (Fsp3) is 0.273. The molecule has 430 valence electrons. The second-order valence-electron chi connectivity index (χ2n) is 20.8. The molecule has 2 heterocycles. The molecule has 17 heteroatoms. The van der Waals surface area contributed by atoms with Crippen molar-refractivity contribution in [3.63, 3.8) is 0 Å². The minimum atomic E-state index is -1.18. The molecular weight excluding hydrogens is 1090 g/mol. The van der Waals surface area contributed by atoms with Gasteiger partial charge >= 0.3 is 11.9 Å². The van der Waals surface area contributed by atoms with Gasteiger partial charge in [0.05, 0.1) is 59.8 Å². The van der Waals surface area contributed by atoms with Crippen LogP contribution in [0.15, 0.2) is 170 Å². The minimum absolute atomic E-state index is 0. The van der Waals surface area contributed by atoms with Crippen molar-refractivity contribution in [2.24, 2.45) is 0 Å². The summed E-state index contributed by atoms with van der Waals surface area (Å²) in [6, 6.07) is 49.6. The Morgan fingerprint density at radius 1 is 0.434 bits per heavy atom. The fourth-order valence-electron chi connectivity index (χ4n) is 10.4. The first-order chi connectivity index (χ1) is 39.3. The maximum absolute atomic E-state index is 14.0. The summed E-state index contributed by atoms with van der Waals surface area (Å²) in [6.45, 7) is 8.50. The third-order valence-electron chi connectivity index (χ3n) is 13.9. The number of amides is 2. The van der Waals surface area contributed by atoms with Gasteiger partial charge in [0, 0.05) is 84.7 Å². The molecule has 2 amide bonds. The molecule has 0 unspecified atom stereocenters. The standard InChI is InChI=1S/2C33H35FN2O5.Ca/c2*1-21(2)31-30(33(41)35-25-11-7-4-8-12-25)29(22-9-5-3-6-10-22)32(23-13-15-24(34)16-14-23)36(31)18-17-26(37)19-27(38)20-28(39)40;/h2*3-16,21,26-27,37-38H,17-20H2,1-2H3,(H,35,41)(H,39,40);/t2*26-,27-;/m11./s1. The molecule has 2 radical (unpaired) electrons. The number of anilines is 2. The van der Waals surface area contributed by atoms with Crippen LogP contribution < -0.4 is 10.6 Å². The van der Waals surface area contributed by atoms with E-state index in [4.69, 9.17) is 10.2 Å². The van der Waals surface area contributed by atoms with Crippen LogP contribution in [-0.4, -0.2) is 126 Å². The number of hydrogen-bond donors (Lipinski definition) is 8. The third-order valence-corrected chi connectivity index (χ3v) is 13.9. The third kappa shape index (κ3) is 17.4. The molecule has 0 bridgehead atoms. The van der Waals surface area contributed by atoms with Gasteiger partial charge in [-0.25, -0.2) is 8.78 Å². The van der Waals surface area contributed by atoms with Gasteiger partial charge in [0.15, 0.2) is 0 Å². The molecule has 8 N–H and O–H groups in total. The average Bonchev–Trinajstić information content (AvgIpc) is 3.14. The van der Waals surface area contributed by atoms with Crippen LogP contribution in [0, 0.1) is 11.6 Å². The Labute approximate surface area is 512 Å². The van der Waals surface area contributed by atoms with Gasteiger partial charge in [0.25, 0.3) is 11.8 Å². The number of carbonyl (C=O) groups excluding carboxylic acids is 2. The van der Waals surface area contributed by atoms with Gasteiger partial charge in [-0.15, -0.1) is 0 Å². The van der Waals surface area contributed by atoms with Crippen molar-refractivity contribution < 1.29 is 58.6 Å².